The third-order valence-corrected chi connectivity index (χ3v) is 3.77. The van der Waals surface area contributed by atoms with Gasteiger partial charge < -0.3 is 10.1 Å². The summed E-state index contributed by atoms with van der Waals surface area (Å²) in [5.41, 5.74) is -0.0383. The first-order chi connectivity index (χ1) is 10.0. The van der Waals surface area contributed by atoms with Crippen molar-refractivity contribution in [2.75, 3.05) is 6.54 Å². The van der Waals surface area contributed by atoms with Gasteiger partial charge in [-0.25, -0.2) is 0 Å². The molecule has 0 heterocycles. The van der Waals surface area contributed by atoms with Crippen LogP contribution in [0.2, 0.25) is 0 Å². The van der Waals surface area contributed by atoms with E-state index >= 15 is 0 Å². The fraction of sp³-hybridized carbons (Fsp3) is 0.625. The van der Waals surface area contributed by atoms with Crippen molar-refractivity contribution in [1.82, 2.24) is 5.32 Å². The summed E-state index contributed by atoms with van der Waals surface area (Å²) < 4.78 is 45.2. The van der Waals surface area contributed by atoms with E-state index in [1.165, 1.54) is 12.1 Å². The molecule has 2 nitrogen and oxygen atoms in total. The maximum atomic E-state index is 13.2. The van der Waals surface area contributed by atoms with Gasteiger partial charge in [0.1, 0.15) is 5.75 Å². The summed E-state index contributed by atoms with van der Waals surface area (Å²) in [5, 5.41) is 3.04. The summed E-state index contributed by atoms with van der Waals surface area (Å²) >= 11 is 0. The summed E-state index contributed by atoms with van der Waals surface area (Å²) in [5.74, 6) is -0.0327. The summed E-state index contributed by atoms with van der Waals surface area (Å²) in [4.78, 5) is 0. The third-order valence-electron chi connectivity index (χ3n) is 3.77. The Morgan fingerprint density at radius 2 is 1.90 bits per heavy atom. The van der Waals surface area contributed by atoms with Crippen molar-refractivity contribution < 1.29 is 17.9 Å². The van der Waals surface area contributed by atoms with Gasteiger partial charge in [-0.3, -0.25) is 0 Å². The molecule has 0 radical (unpaired) electrons. The molecule has 1 fully saturated rings. The van der Waals surface area contributed by atoms with E-state index in [-0.39, 0.29) is 11.9 Å². The zero-order chi connectivity index (χ0) is 15.3. The van der Waals surface area contributed by atoms with Gasteiger partial charge in [0.05, 0.1) is 11.7 Å². The molecule has 118 valence electrons. The second-order valence-electron chi connectivity index (χ2n) is 5.49. The number of alkyl halides is 3. The van der Waals surface area contributed by atoms with E-state index in [1.807, 2.05) is 6.92 Å². The fourth-order valence-corrected chi connectivity index (χ4v) is 2.64. The van der Waals surface area contributed by atoms with Crippen LogP contribution in [-0.2, 0) is 12.7 Å². The van der Waals surface area contributed by atoms with Crippen LogP contribution in [-0.4, -0.2) is 12.6 Å². The Bertz CT molecular complexity index is 453. The predicted molar refractivity (Wildman–Crippen MR) is 76.3 cm³/mol. The molecule has 0 aromatic heterocycles. The quantitative estimate of drug-likeness (QED) is 0.863. The zero-order valence-electron chi connectivity index (χ0n) is 12.3. The van der Waals surface area contributed by atoms with Crippen molar-refractivity contribution in [3.05, 3.63) is 29.3 Å². The molecule has 0 amide bonds. The summed E-state index contributed by atoms with van der Waals surface area (Å²) in [6.07, 6.45) is 0.432. The van der Waals surface area contributed by atoms with Crippen molar-refractivity contribution >= 4 is 0 Å². The van der Waals surface area contributed by atoms with Crippen LogP contribution in [0.5, 0.6) is 5.75 Å². The lowest BCUT2D eigenvalue weighted by Crippen LogP contribution is -2.22. The van der Waals surface area contributed by atoms with Crippen LogP contribution >= 0.6 is 0 Å². The van der Waals surface area contributed by atoms with E-state index in [0.717, 1.165) is 38.6 Å². The molecule has 1 aromatic rings. The molecular formula is C16H22F3NO. The maximum Gasteiger partial charge on any atom is 0.419 e. The molecule has 0 bridgehead atoms. The van der Waals surface area contributed by atoms with E-state index in [0.29, 0.717) is 12.1 Å². The van der Waals surface area contributed by atoms with E-state index in [2.05, 4.69) is 5.32 Å². The zero-order valence-corrected chi connectivity index (χ0v) is 12.3. The molecule has 0 saturated heterocycles. The number of nitrogens with one attached hydrogen (secondary N) is 1. The van der Waals surface area contributed by atoms with Crippen LogP contribution in [0.3, 0.4) is 0 Å². The van der Waals surface area contributed by atoms with Gasteiger partial charge in [-0.15, -0.1) is 0 Å². The maximum absolute atomic E-state index is 13.2. The predicted octanol–water partition coefficient (Wildman–Crippen LogP) is 4.53. The lowest BCUT2D eigenvalue weighted by molar-refractivity contribution is -0.139. The Labute approximate surface area is 123 Å². The van der Waals surface area contributed by atoms with Gasteiger partial charge in [0.15, 0.2) is 0 Å². The van der Waals surface area contributed by atoms with Crippen molar-refractivity contribution in [3.63, 3.8) is 0 Å². The highest BCUT2D eigenvalue weighted by molar-refractivity contribution is 5.39. The van der Waals surface area contributed by atoms with Crippen LogP contribution in [0.4, 0.5) is 13.2 Å². The topological polar surface area (TPSA) is 21.3 Å². The molecule has 0 unspecified atom stereocenters. The minimum absolute atomic E-state index is 0.0327. The smallest absolute Gasteiger partial charge is 0.419 e. The van der Waals surface area contributed by atoms with E-state index in [9.17, 15) is 13.2 Å². The largest absolute Gasteiger partial charge is 0.490 e. The highest BCUT2D eigenvalue weighted by Crippen LogP contribution is 2.38. The van der Waals surface area contributed by atoms with Gasteiger partial charge in [-0.1, -0.05) is 19.4 Å². The minimum atomic E-state index is -4.38. The van der Waals surface area contributed by atoms with E-state index in [4.69, 9.17) is 4.74 Å². The van der Waals surface area contributed by atoms with E-state index < -0.39 is 11.7 Å². The normalized spacial score (nSPS) is 17.0. The van der Waals surface area contributed by atoms with Crippen molar-refractivity contribution in [2.24, 2.45) is 0 Å². The molecule has 1 saturated carbocycles. The molecule has 1 N–H and O–H groups in total. The third kappa shape index (κ3) is 4.63. The molecule has 2 rings (SSSR count). The van der Waals surface area contributed by atoms with Crippen molar-refractivity contribution in [3.8, 4) is 5.75 Å². The highest BCUT2D eigenvalue weighted by atomic mass is 19.4. The van der Waals surface area contributed by atoms with Gasteiger partial charge in [-0.05, 0) is 49.9 Å². The van der Waals surface area contributed by atoms with Crippen molar-refractivity contribution in [1.29, 1.82) is 0 Å². The monoisotopic (exact) mass is 301 g/mol. The standard InChI is InChI=1S/C16H22F3NO/c1-2-20-11-12-8-9-15(14(10-12)16(17,18)19)21-13-6-4-3-5-7-13/h8-10,13,20H,2-7,11H2,1H3. The summed E-state index contributed by atoms with van der Waals surface area (Å²) in [6.45, 7) is 3.08. The molecule has 1 aromatic carbocycles. The highest BCUT2D eigenvalue weighted by Gasteiger charge is 2.35. The van der Waals surface area contributed by atoms with Crippen LogP contribution in [0.15, 0.2) is 18.2 Å². The molecule has 5 heteroatoms. The summed E-state index contributed by atoms with van der Waals surface area (Å²) in [7, 11) is 0. The SMILES string of the molecule is CCNCc1ccc(OC2CCCCC2)c(C(F)(F)F)c1. The van der Waals surface area contributed by atoms with Crippen LogP contribution in [0.25, 0.3) is 0 Å². The number of ether oxygens (including phenoxy) is 1. The molecule has 1 aliphatic carbocycles. The first-order valence-corrected chi connectivity index (χ1v) is 7.58. The Morgan fingerprint density at radius 3 is 2.52 bits per heavy atom. The van der Waals surface area contributed by atoms with Gasteiger partial charge in [0.25, 0.3) is 0 Å². The Balaban J connectivity index is 2.18. The molecule has 0 aliphatic heterocycles. The fourth-order valence-electron chi connectivity index (χ4n) is 2.64. The van der Waals surface area contributed by atoms with E-state index in [1.54, 1.807) is 6.07 Å². The van der Waals surface area contributed by atoms with Gasteiger partial charge in [0.2, 0.25) is 0 Å². The number of rotatable bonds is 5. The first-order valence-electron chi connectivity index (χ1n) is 7.58. The van der Waals surface area contributed by atoms with Crippen LogP contribution < -0.4 is 10.1 Å². The number of hydrogen-bond donors (Lipinski definition) is 1. The minimum Gasteiger partial charge on any atom is -0.490 e. The lowest BCUT2D eigenvalue weighted by atomic mass is 9.97. The Morgan fingerprint density at radius 1 is 1.19 bits per heavy atom. The van der Waals surface area contributed by atoms with Crippen LogP contribution in [0.1, 0.15) is 50.2 Å². The van der Waals surface area contributed by atoms with Gasteiger partial charge in [0, 0.05) is 6.54 Å². The lowest BCUT2D eigenvalue weighted by Gasteiger charge is -2.25. The Hall–Kier alpha value is -1.23. The molecule has 0 spiro atoms. The van der Waals surface area contributed by atoms with Crippen LogP contribution in [0, 0.1) is 0 Å². The average molecular weight is 301 g/mol. The molecule has 21 heavy (non-hydrogen) atoms. The average Bonchev–Trinajstić information content (AvgIpc) is 2.46. The van der Waals surface area contributed by atoms with Crippen molar-refractivity contribution in [2.45, 2.75) is 57.9 Å². The summed E-state index contributed by atoms with van der Waals surface area (Å²) in [6, 6.07) is 4.36. The molecule has 0 atom stereocenters. The Kier molecular flexibility index (Phi) is 5.51. The van der Waals surface area contributed by atoms with Gasteiger partial charge >= 0.3 is 6.18 Å². The first kappa shape index (κ1) is 16.1. The second-order valence-corrected chi connectivity index (χ2v) is 5.49. The second kappa shape index (κ2) is 7.16. The number of benzene rings is 1. The molecular weight excluding hydrogens is 279 g/mol. The molecule has 1 aliphatic rings. The number of hydrogen-bond acceptors (Lipinski definition) is 2. The number of halogens is 3. The van der Waals surface area contributed by atoms with Gasteiger partial charge in [-0.2, -0.15) is 13.2 Å².